The number of carbonyl (C=O) groups is 2. The van der Waals surface area contributed by atoms with Crippen LogP contribution >= 0.6 is 11.8 Å². The molecule has 3 aromatic carbocycles. The van der Waals surface area contributed by atoms with Gasteiger partial charge in [-0.2, -0.15) is 4.68 Å². The maximum atomic E-state index is 12.3. The maximum absolute atomic E-state index is 12.3. The summed E-state index contributed by atoms with van der Waals surface area (Å²) in [6.45, 7) is 4.69. The van der Waals surface area contributed by atoms with Gasteiger partial charge in [0.25, 0.3) is 0 Å². The highest BCUT2D eigenvalue weighted by Crippen LogP contribution is 2.43. The minimum absolute atomic E-state index is 0.00948. The Bertz CT molecular complexity index is 1570. The zero-order chi connectivity index (χ0) is 33.0. The number of nitrogens with one attached hydrogen (secondary N) is 2. The molecule has 0 spiro atoms. The molecule has 12 heteroatoms. The minimum Gasteiger partial charge on any atom is -0.392 e. The number of hydrogen-bond donors (Lipinski definition) is 3. The molecule has 1 aliphatic rings. The Labute approximate surface area is 279 Å². The van der Waals surface area contributed by atoms with E-state index in [1.807, 2.05) is 78.9 Å². The van der Waals surface area contributed by atoms with Gasteiger partial charge in [-0.05, 0) is 52.1 Å². The van der Waals surface area contributed by atoms with Gasteiger partial charge in [0.15, 0.2) is 6.29 Å². The number of rotatable bonds is 15. The topological polar surface area (TPSA) is 140 Å². The number of benzene rings is 3. The molecule has 0 saturated carbocycles. The first-order valence-corrected chi connectivity index (χ1v) is 17.0. The van der Waals surface area contributed by atoms with Crippen LogP contribution in [0.25, 0.3) is 5.69 Å². The van der Waals surface area contributed by atoms with E-state index in [2.05, 4.69) is 33.1 Å². The highest BCUT2D eigenvalue weighted by atomic mass is 32.2. The number of carbonyl (C=O) groups excluding carboxylic acids is 2. The monoisotopic (exact) mass is 658 g/mol. The fourth-order valence-corrected chi connectivity index (χ4v) is 6.45. The summed E-state index contributed by atoms with van der Waals surface area (Å²) in [5.74, 6) is 0.599. The average molecular weight is 659 g/mol. The van der Waals surface area contributed by atoms with Crippen LogP contribution in [0.15, 0.2) is 84.0 Å². The zero-order valence-electron chi connectivity index (χ0n) is 26.7. The summed E-state index contributed by atoms with van der Waals surface area (Å²) in [6, 6.07) is 25.6. The van der Waals surface area contributed by atoms with Crippen molar-refractivity contribution in [2.45, 2.75) is 76.3 Å². The molecule has 5 rings (SSSR count). The molecule has 1 aliphatic heterocycles. The summed E-state index contributed by atoms with van der Waals surface area (Å²) >= 11 is 1.54. The van der Waals surface area contributed by atoms with Crippen LogP contribution in [0.2, 0.25) is 0 Å². The number of aliphatic hydroxyl groups excluding tert-OH is 1. The molecular formula is C35H42N6O5S. The molecular weight excluding hydrogens is 616 g/mol. The van der Waals surface area contributed by atoms with Crippen molar-refractivity contribution < 1.29 is 24.2 Å². The predicted molar refractivity (Wildman–Crippen MR) is 178 cm³/mol. The van der Waals surface area contributed by atoms with Gasteiger partial charge in [0.2, 0.25) is 17.0 Å². The van der Waals surface area contributed by atoms with Crippen LogP contribution in [-0.4, -0.2) is 55.5 Å². The lowest BCUT2D eigenvalue weighted by molar-refractivity contribution is -0.268. The molecule has 47 heavy (non-hydrogen) atoms. The number of tetrazole rings is 1. The van der Waals surface area contributed by atoms with Gasteiger partial charge in [-0.25, -0.2) is 0 Å². The molecule has 1 saturated heterocycles. The van der Waals surface area contributed by atoms with Crippen molar-refractivity contribution in [2.24, 2.45) is 5.92 Å². The van der Waals surface area contributed by atoms with Crippen molar-refractivity contribution >= 4 is 23.6 Å². The minimum atomic E-state index is -0.606. The van der Waals surface area contributed by atoms with Gasteiger partial charge in [-0.15, -0.1) is 5.10 Å². The summed E-state index contributed by atoms with van der Waals surface area (Å²) in [7, 11) is 0. The third-order valence-corrected chi connectivity index (χ3v) is 9.15. The summed E-state index contributed by atoms with van der Waals surface area (Å²) in [6.07, 6.45) is 1.96. The molecule has 4 aromatic rings. The Morgan fingerprint density at radius 1 is 0.894 bits per heavy atom. The van der Waals surface area contributed by atoms with Gasteiger partial charge >= 0.3 is 0 Å². The standard InChI is InChI=1S/C35H42N6O5S/c1-24-31(23-47-35-38-39-40-41(35)30-9-5-3-6-10-30)45-34(46-33(24)28-16-14-27(22-42)15-17-28)29-18-12-26(13-19-29)21-37-32(44)11-7-4-8-20-36-25(2)43/h3,5-6,9-10,12-19,24,31,33-34,42H,4,7-8,11,20-23H2,1-2H3,(H,36,43)(H,37,44)/t24-,31+,33+,34+/m1/s1. The molecule has 11 nitrogen and oxygen atoms in total. The first kappa shape index (κ1) is 34.2. The van der Waals surface area contributed by atoms with Gasteiger partial charge in [0, 0.05) is 43.7 Å². The van der Waals surface area contributed by atoms with Crippen molar-refractivity contribution in [3.8, 4) is 5.69 Å². The average Bonchev–Trinajstić information content (AvgIpc) is 3.58. The molecule has 0 aliphatic carbocycles. The van der Waals surface area contributed by atoms with E-state index in [1.165, 1.54) is 18.7 Å². The molecule has 0 radical (unpaired) electrons. The Morgan fingerprint density at radius 2 is 1.62 bits per heavy atom. The molecule has 1 aromatic heterocycles. The van der Waals surface area contributed by atoms with E-state index < -0.39 is 6.29 Å². The third kappa shape index (κ3) is 9.71. The second-order valence-corrected chi connectivity index (χ2v) is 12.6. The Balaban J connectivity index is 1.22. The smallest absolute Gasteiger partial charge is 0.220 e. The van der Waals surface area contributed by atoms with Crippen molar-refractivity contribution in [3.63, 3.8) is 0 Å². The van der Waals surface area contributed by atoms with Crippen LogP contribution in [-0.2, 0) is 32.2 Å². The van der Waals surface area contributed by atoms with Gasteiger partial charge in [-0.1, -0.05) is 91.8 Å². The molecule has 2 amide bonds. The lowest BCUT2D eigenvalue weighted by atomic mass is 9.91. The number of nitrogens with zero attached hydrogens (tertiary/aromatic N) is 4. The molecule has 3 N–H and O–H groups in total. The number of ether oxygens (including phenoxy) is 2. The maximum Gasteiger partial charge on any atom is 0.220 e. The highest BCUT2D eigenvalue weighted by Gasteiger charge is 2.38. The largest absolute Gasteiger partial charge is 0.392 e. The van der Waals surface area contributed by atoms with Crippen LogP contribution in [0.4, 0.5) is 0 Å². The number of unbranched alkanes of at least 4 members (excludes halogenated alkanes) is 2. The fourth-order valence-electron chi connectivity index (χ4n) is 5.40. The van der Waals surface area contributed by atoms with Crippen molar-refractivity contribution in [3.05, 3.63) is 101 Å². The zero-order valence-corrected chi connectivity index (χ0v) is 27.6. The first-order valence-electron chi connectivity index (χ1n) is 16.0. The number of aromatic nitrogens is 4. The van der Waals surface area contributed by atoms with Gasteiger partial charge in [-0.3, -0.25) is 9.59 Å². The van der Waals surface area contributed by atoms with E-state index in [1.54, 1.807) is 4.68 Å². The molecule has 248 valence electrons. The molecule has 2 heterocycles. The number of thioether (sulfide) groups is 1. The molecule has 1 fully saturated rings. The van der Waals surface area contributed by atoms with Gasteiger partial charge < -0.3 is 25.2 Å². The van der Waals surface area contributed by atoms with Crippen LogP contribution in [0.3, 0.4) is 0 Å². The Morgan fingerprint density at radius 3 is 2.34 bits per heavy atom. The normalized spacial score (nSPS) is 19.3. The number of amides is 2. The van der Waals surface area contributed by atoms with Crippen molar-refractivity contribution in [1.82, 2.24) is 30.8 Å². The lowest BCUT2D eigenvalue weighted by Crippen LogP contribution is -2.38. The second kappa shape index (κ2) is 17.2. The van der Waals surface area contributed by atoms with E-state index in [9.17, 15) is 14.7 Å². The van der Waals surface area contributed by atoms with Gasteiger partial charge in [0.05, 0.1) is 24.5 Å². The van der Waals surface area contributed by atoms with Crippen molar-refractivity contribution in [1.29, 1.82) is 0 Å². The lowest BCUT2D eigenvalue weighted by Gasteiger charge is -2.41. The van der Waals surface area contributed by atoms with Crippen LogP contribution < -0.4 is 10.6 Å². The van der Waals surface area contributed by atoms with Crippen molar-refractivity contribution in [2.75, 3.05) is 12.3 Å². The van der Waals surface area contributed by atoms with Crippen LogP contribution in [0, 0.1) is 5.92 Å². The Kier molecular flexibility index (Phi) is 12.5. The molecule has 0 unspecified atom stereocenters. The summed E-state index contributed by atoms with van der Waals surface area (Å²) in [5.41, 5.74) is 4.60. The van der Waals surface area contributed by atoms with E-state index in [0.29, 0.717) is 30.4 Å². The summed E-state index contributed by atoms with van der Waals surface area (Å²) < 4.78 is 14.9. The van der Waals surface area contributed by atoms with E-state index in [4.69, 9.17) is 9.47 Å². The van der Waals surface area contributed by atoms with E-state index >= 15 is 0 Å². The quantitative estimate of drug-likeness (QED) is 0.118. The van der Waals surface area contributed by atoms with Gasteiger partial charge in [0.1, 0.15) is 0 Å². The summed E-state index contributed by atoms with van der Waals surface area (Å²) in [5, 5.41) is 28.3. The number of aliphatic hydroxyl groups is 1. The number of hydrogen-bond acceptors (Lipinski definition) is 9. The Hall–Kier alpha value is -4.10. The highest BCUT2D eigenvalue weighted by molar-refractivity contribution is 7.99. The first-order chi connectivity index (χ1) is 22.9. The van der Waals surface area contributed by atoms with E-state index in [0.717, 1.165) is 47.2 Å². The van der Waals surface area contributed by atoms with E-state index in [-0.39, 0.29) is 36.5 Å². The fraction of sp³-hybridized carbons (Fsp3) is 0.400. The van der Waals surface area contributed by atoms with Crippen LogP contribution in [0.5, 0.6) is 0 Å². The predicted octanol–water partition coefficient (Wildman–Crippen LogP) is 5.05. The molecule has 0 bridgehead atoms. The SMILES string of the molecule is CC(=O)NCCCCCC(=O)NCc1ccc([C@H]2O[C@@H](CSc3nnnn3-c3ccccc3)[C@@H](C)[C@@H](c3ccc(CO)cc3)O2)cc1. The molecule has 4 atom stereocenters. The third-order valence-electron chi connectivity index (χ3n) is 8.14. The second-order valence-electron chi connectivity index (χ2n) is 11.7. The van der Waals surface area contributed by atoms with Crippen LogP contribution in [0.1, 0.15) is 74.2 Å². The summed E-state index contributed by atoms with van der Waals surface area (Å²) in [4.78, 5) is 23.3. The number of para-hydroxylation sites is 1.